The summed E-state index contributed by atoms with van der Waals surface area (Å²) in [6, 6.07) is 8.49. The smallest absolute Gasteiger partial charge is 0.407 e. The van der Waals surface area contributed by atoms with Crippen LogP contribution in [0.5, 0.6) is 0 Å². The number of rotatable bonds is 4. The van der Waals surface area contributed by atoms with Gasteiger partial charge in [-0.15, -0.1) is 0 Å². The number of carboxylic acid groups (broad SMARTS) is 1. The lowest BCUT2D eigenvalue weighted by atomic mass is 9.88. The van der Waals surface area contributed by atoms with E-state index in [1.54, 1.807) is 0 Å². The summed E-state index contributed by atoms with van der Waals surface area (Å²) < 4.78 is 5.05. The van der Waals surface area contributed by atoms with Crippen molar-refractivity contribution < 1.29 is 24.5 Å². The van der Waals surface area contributed by atoms with Crippen molar-refractivity contribution in [3.05, 3.63) is 48.0 Å². The average Bonchev–Trinajstić information content (AvgIpc) is 2.48. The molecule has 0 saturated heterocycles. The maximum absolute atomic E-state index is 11.7. The van der Waals surface area contributed by atoms with Crippen molar-refractivity contribution in [1.82, 2.24) is 5.32 Å². The minimum atomic E-state index is -1.06. The van der Waals surface area contributed by atoms with E-state index < -0.39 is 30.1 Å². The number of hydrogen-bond acceptors (Lipinski definition) is 4. The molecule has 1 aromatic rings. The van der Waals surface area contributed by atoms with Crippen molar-refractivity contribution in [2.75, 3.05) is 0 Å². The highest BCUT2D eigenvalue weighted by molar-refractivity contribution is 5.74. The number of aliphatic hydroxyl groups is 1. The molecule has 0 heterocycles. The van der Waals surface area contributed by atoms with Gasteiger partial charge < -0.3 is 20.3 Å². The molecule has 3 atom stereocenters. The fourth-order valence-electron chi connectivity index (χ4n) is 2.17. The Balaban J connectivity index is 1.89. The Morgan fingerprint density at radius 1 is 1.24 bits per heavy atom. The number of amides is 1. The Labute approximate surface area is 122 Å². The van der Waals surface area contributed by atoms with Crippen LogP contribution < -0.4 is 5.32 Å². The van der Waals surface area contributed by atoms with E-state index in [9.17, 15) is 14.7 Å². The van der Waals surface area contributed by atoms with Gasteiger partial charge in [-0.3, -0.25) is 4.79 Å². The van der Waals surface area contributed by atoms with Crippen molar-refractivity contribution in [3.8, 4) is 0 Å². The summed E-state index contributed by atoms with van der Waals surface area (Å²) in [6.07, 6.45) is 1.54. The fraction of sp³-hybridized carbons (Fsp3) is 0.333. The van der Waals surface area contributed by atoms with E-state index in [-0.39, 0.29) is 13.0 Å². The SMILES string of the molecule is O=C(N[C@@H]1C=C[C@H](O)C[C@@H]1C(=O)O)OCc1ccccc1. The maximum Gasteiger partial charge on any atom is 0.407 e. The van der Waals surface area contributed by atoms with E-state index in [4.69, 9.17) is 9.84 Å². The summed E-state index contributed by atoms with van der Waals surface area (Å²) >= 11 is 0. The number of nitrogens with one attached hydrogen (secondary N) is 1. The van der Waals surface area contributed by atoms with Gasteiger partial charge in [0.2, 0.25) is 0 Å². The molecular formula is C15H17NO5. The largest absolute Gasteiger partial charge is 0.481 e. The van der Waals surface area contributed by atoms with Crippen molar-refractivity contribution in [3.63, 3.8) is 0 Å². The predicted octanol–water partition coefficient (Wildman–Crippen LogP) is 1.30. The van der Waals surface area contributed by atoms with Crippen molar-refractivity contribution in [1.29, 1.82) is 0 Å². The minimum absolute atomic E-state index is 0.0649. The van der Waals surface area contributed by atoms with Crippen LogP contribution >= 0.6 is 0 Å². The monoisotopic (exact) mass is 291 g/mol. The lowest BCUT2D eigenvalue weighted by molar-refractivity contribution is -0.143. The molecule has 112 valence electrons. The first-order valence-electron chi connectivity index (χ1n) is 6.62. The van der Waals surface area contributed by atoms with Gasteiger partial charge in [-0.05, 0) is 12.0 Å². The Kier molecular flexibility index (Phi) is 4.94. The Bertz CT molecular complexity index is 528. The first-order chi connectivity index (χ1) is 10.1. The normalized spacial score (nSPS) is 24.3. The van der Waals surface area contributed by atoms with E-state index in [0.29, 0.717) is 0 Å². The zero-order valence-electron chi connectivity index (χ0n) is 11.3. The molecule has 6 nitrogen and oxygen atoms in total. The second-order valence-electron chi connectivity index (χ2n) is 4.86. The third-order valence-electron chi connectivity index (χ3n) is 3.28. The van der Waals surface area contributed by atoms with E-state index >= 15 is 0 Å². The lowest BCUT2D eigenvalue weighted by Gasteiger charge is -2.27. The molecule has 1 aliphatic rings. The molecule has 1 aliphatic carbocycles. The number of ether oxygens (including phenoxy) is 1. The third kappa shape index (κ3) is 4.32. The third-order valence-corrected chi connectivity index (χ3v) is 3.28. The number of aliphatic carboxylic acids is 1. The number of hydrogen-bond donors (Lipinski definition) is 3. The number of aliphatic hydroxyl groups excluding tert-OH is 1. The summed E-state index contributed by atoms with van der Waals surface area (Å²) in [5.41, 5.74) is 0.844. The van der Waals surface area contributed by atoms with Gasteiger partial charge in [0.1, 0.15) is 6.61 Å². The molecule has 1 aromatic carbocycles. The lowest BCUT2D eigenvalue weighted by Crippen LogP contribution is -2.45. The van der Waals surface area contributed by atoms with Crippen LogP contribution in [-0.2, 0) is 16.1 Å². The van der Waals surface area contributed by atoms with Crippen molar-refractivity contribution in [2.45, 2.75) is 25.2 Å². The molecular weight excluding hydrogens is 274 g/mol. The fourth-order valence-corrected chi connectivity index (χ4v) is 2.17. The number of carbonyl (C=O) groups excluding carboxylic acids is 1. The molecule has 0 bridgehead atoms. The van der Waals surface area contributed by atoms with E-state index in [2.05, 4.69) is 5.32 Å². The zero-order chi connectivity index (χ0) is 15.2. The summed E-state index contributed by atoms with van der Waals surface area (Å²) in [5, 5.41) is 21.0. The Morgan fingerprint density at radius 3 is 2.62 bits per heavy atom. The van der Waals surface area contributed by atoms with Gasteiger partial charge in [0.15, 0.2) is 0 Å². The molecule has 0 spiro atoms. The highest BCUT2D eigenvalue weighted by atomic mass is 16.5. The Morgan fingerprint density at radius 2 is 1.95 bits per heavy atom. The number of carboxylic acids is 1. The van der Waals surface area contributed by atoms with Crippen LogP contribution in [0.4, 0.5) is 4.79 Å². The average molecular weight is 291 g/mol. The molecule has 0 unspecified atom stereocenters. The predicted molar refractivity (Wildman–Crippen MR) is 74.4 cm³/mol. The highest BCUT2D eigenvalue weighted by Crippen LogP contribution is 2.20. The molecule has 0 fully saturated rings. The van der Waals surface area contributed by atoms with Crippen LogP contribution in [0.2, 0.25) is 0 Å². The van der Waals surface area contributed by atoms with Crippen LogP contribution in [-0.4, -0.2) is 34.4 Å². The molecule has 2 rings (SSSR count). The van der Waals surface area contributed by atoms with Crippen LogP contribution in [0.3, 0.4) is 0 Å². The van der Waals surface area contributed by atoms with Crippen LogP contribution in [0, 0.1) is 5.92 Å². The molecule has 0 saturated carbocycles. The summed E-state index contributed by atoms with van der Waals surface area (Å²) in [4.78, 5) is 22.8. The van der Waals surface area contributed by atoms with E-state index in [1.807, 2.05) is 30.3 Å². The minimum Gasteiger partial charge on any atom is -0.481 e. The van der Waals surface area contributed by atoms with Crippen LogP contribution in [0.25, 0.3) is 0 Å². The molecule has 3 N–H and O–H groups in total. The first kappa shape index (κ1) is 15.1. The summed E-state index contributed by atoms with van der Waals surface area (Å²) in [6.45, 7) is 0.115. The summed E-state index contributed by atoms with van der Waals surface area (Å²) in [5.74, 6) is -1.93. The highest BCUT2D eigenvalue weighted by Gasteiger charge is 2.32. The topological polar surface area (TPSA) is 95.9 Å². The van der Waals surface area contributed by atoms with E-state index in [0.717, 1.165) is 5.56 Å². The van der Waals surface area contributed by atoms with E-state index in [1.165, 1.54) is 12.2 Å². The van der Waals surface area contributed by atoms with Gasteiger partial charge in [-0.1, -0.05) is 42.5 Å². The summed E-state index contributed by atoms with van der Waals surface area (Å²) in [7, 11) is 0. The molecule has 0 radical (unpaired) electrons. The molecule has 21 heavy (non-hydrogen) atoms. The number of alkyl carbamates (subject to hydrolysis) is 1. The van der Waals surface area contributed by atoms with Crippen LogP contribution in [0.1, 0.15) is 12.0 Å². The second-order valence-corrected chi connectivity index (χ2v) is 4.86. The number of carbonyl (C=O) groups is 2. The van der Waals surface area contributed by atoms with Gasteiger partial charge in [-0.25, -0.2) is 4.79 Å². The molecule has 0 aromatic heterocycles. The first-order valence-corrected chi connectivity index (χ1v) is 6.62. The number of benzene rings is 1. The second kappa shape index (κ2) is 6.90. The van der Waals surface area contributed by atoms with Gasteiger partial charge in [-0.2, -0.15) is 0 Å². The standard InChI is InChI=1S/C15H17NO5/c17-11-6-7-13(12(8-11)14(18)19)16-15(20)21-9-10-4-2-1-3-5-10/h1-7,11-13,17H,8-9H2,(H,16,20)(H,18,19)/t11-,12-,13+/m0/s1. The Hall–Kier alpha value is -2.34. The maximum atomic E-state index is 11.7. The molecule has 0 aliphatic heterocycles. The molecule has 1 amide bonds. The van der Waals surface area contributed by atoms with Gasteiger partial charge in [0.25, 0.3) is 0 Å². The van der Waals surface area contributed by atoms with Crippen molar-refractivity contribution >= 4 is 12.1 Å². The quantitative estimate of drug-likeness (QED) is 0.727. The van der Waals surface area contributed by atoms with Crippen molar-refractivity contribution in [2.24, 2.45) is 5.92 Å². The molecule has 6 heteroatoms. The van der Waals surface area contributed by atoms with Gasteiger partial charge >= 0.3 is 12.1 Å². The zero-order valence-corrected chi connectivity index (χ0v) is 11.3. The van der Waals surface area contributed by atoms with Crippen LogP contribution in [0.15, 0.2) is 42.5 Å². The van der Waals surface area contributed by atoms with Gasteiger partial charge in [0.05, 0.1) is 18.1 Å². The van der Waals surface area contributed by atoms with Gasteiger partial charge in [0, 0.05) is 0 Å².